The second-order valence-corrected chi connectivity index (χ2v) is 7.96. The van der Waals surface area contributed by atoms with Crippen LogP contribution in [0.2, 0.25) is 0 Å². The highest BCUT2D eigenvalue weighted by atomic mass is 32.1. The molecule has 0 aliphatic carbocycles. The SMILES string of the molecule is O=C(NC(=S)N1CCC[C@H](CO)C1)c1cn(-c2ccccc2)nc1-c1ccc(F)cc1. The molecule has 1 atom stereocenters. The van der Waals surface area contributed by atoms with Crippen molar-refractivity contribution in [3.8, 4) is 16.9 Å². The van der Waals surface area contributed by atoms with Crippen molar-refractivity contribution in [2.24, 2.45) is 5.92 Å². The minimum atomic E-state index is -0.377. The molecule has 2 heterocycles. The summed E-state index contributed by atoms with van der Waals surface area (Å²) < 4.78 is 15.0. The lowest BCUT2D eigenvalue weighted by Crippen LogP contribution is -2.47. The number of hydrogen-bond acceptors (Lipinski definition) is 4. The normalized spacial score (nSPS) is 16.2. The summed E-state index contributed by atoms with van der Waals surface area (Å²) in [6, 6.07) is 15.3. The molecule has 1 aromatic heterocycles. The van der Waals surface area contributed by atoms with Gasteiger partial charge in [-0.15, -0.1) is 0 Å². The highest BCUT2D eigenvalue weighted by Crippen LogP contribution is 2.24. The molecule has 0 unspecified atom stereocenters. The molecular weight excluding hydrogens is 415 g/mol. The van der Waals surface area contributed by atoms with Gasteiger partial charge in [-0.1, -0.05) is 18.2 Å². The number of carbonyl (C=O) groups excluding carboxylic acids is 1. The Kier molecular flexibility index (Phi) is 6.39. The summed E-state index contributed by atoms with van der Waals surface area (Å²) in [6.07, 6.45) is 3.51. The van der Waals surface area contributed by atoms with Crippen LogP contribution in [0.15, 0.2) is 60.8 Å². The number of aromatic nitrogens is 2. The van der Waals surface area contributed by atoms with Gasteiger partial charge in [0.1, 0.15) is 11.5 Å². The van der Waals surface area contributed by atoms with Gasteiger partial charge in [-0.05, 0) is 67.4 Å². The van der Waals surface area contributed by atoms with Crippen LogP contribution in [-0.2, 0) is 0 Å². The number of thiocarbonyl (C=S) groups is 1. The van der Waals surface area contributed by atoms with Gasteiger partial charge in [0.2, 0.25) is 0 Å². The van der Waals surface area contributed by atoms with Crippen LogP contribution in [0, 0.1) is 11.7 Å². The fourth-order valence-corrected chi connectivity index (χ4v) is 3.97. The van der Waals surface area contributed by atoms with Gasteiger partial charge in [-0.3, -0.25) is 10.1 Å². The van der Waals surface area contributed by atoms with Crippen molar-refractivity contribution in [2.75, 3.05) is 19.7 Å². The Labute approximate surface area is 185 Å². The first-order valence-electron chi connectivity index (χ1n) is 10.2. The Morgan fingerprint density at radius 3 is 2.65 bits per heavy atom. The third kappa shape index (κ3) is 4.81. The topological polar surface area (TPSA) is 70.4 Å². The van der Waals surface area contributed by atoms with E-state index in [9.17, 15) is 14.3 Å². The van der Waals surface area contributed by atoms with Crippen molar-refractivity contribution in [2.45, 2.75) is 12.8 Å². The summed E-state index contributed by atoms with van der Waals surface area (Å²) in [5.74, 6) is -0.584. The molecule has 1 aliphatic rings. The number of likely N-dealkylation sites (tertiary alicyclic amines) is 1. The van der Waals surface area contributed by atoms with Crippen LogP contribution in [0.5, 0.6) is 0 Å². The monoisotopic (exact) mass is 438 g/mol. The highest BCUT2D eigenvalue weighted by Gasteiger charge is 2.24. The van der Waals surface area contributed by atoms with Crippen molar-refractivity contribution >= 4 is 23.2 Å². The number of benzene rings is 2. The predicted molar refractivity (Wildman–Crippen MR) is 120 cm³/mol. The van der Waals surface area contributed by atoms with Gasteiger partial charge < -0.3 is 10.0 Å². The lowest BCUT2D eigenvalue weighted by atomic mass is 9.99. The number of halogens is 1. The molecule has 1 saturated heterocycles. The Morgan fingerprint density at radius 1 is 1.19 bits per heavy atom. The van der Waals surface area contributed by atoms with Gasteiger partial charge in [-0.2, -0.15) is 5.10 Å². The van der Waals surface area contributed by atoms with Crippen LogP contribution < -0.4 is 5.32 Å². The Hall–Kier alpha value is -3.10. The summed E-state index contributed by atoms with van der Waals surface area (Å²) in [7, 11) is 0. The van der Waals surface area contributed by atoms with Gasteiger partial charge in [-0.25, -0.2) is 9.07 Å². The van der Waals surface area contributed by atoms with E-state index in [1.165, 1.54) is 12.1 Å². The minimum absolute atomic E-state index is 0.103. The Morgan fingerprint density at radius 2 is 1.94 bits per heavy atom. The zero-order chi connectivity index (χ0) is 21.8. The fraction of sp³-hybridized carbons (Fsp3) is 0.261. The van der Waals surface area contributed by atoms with Crippen molar-refractivity contribution in [1.82, 2.24) is 20.0 Å². The average molecular weight is 439 g/mol. The predicted octanol–water partition coefficient (Wildman–Crippen LogP) is 3.40. The molecule has 2 aromatic carbocycles. The van der Waals surface area contributed by atoms with Crippen LogP contribution in [-0.4, -0.2) is 50.5 Å². The molecule has 0 radical (unpaired) electrons. The number of nitrogens with zero attached hydrogens (tertiary/aromatic N) is 3. The van der Waals surface area contributed by atoms with E-state index in [1.54, 1.807) is 23.0 Å². The van der Waals surface area contributed by atoms with Gasteiger partial charge >= 0.3 is 0 Å². The smallest absolute Gasteiger partial charge is 0.261 e. The van der Waals surface area contributed by atoms with Gasteiger partial charge in [0.15, 0.2) is 5.11 Å². The third-order valence-electron chi connectivity index (χ3n) is 5.38. The standard InChI is InChI=1S/C23H23FN4O2S/c24-18-10-8-17(9-11-18)21-20(14-28(26-21)19-6-2-1-3-7-19)22(30)25-23(31)27-12-4-5-16(13-27)15-29/h1-3,6-11,14,16,29H,4-5,12-13,15H2,(H,25,30,31)/t16-/m0/s1. The van der Waals surface area contributed by atoms with E-state index < -0.39 is 0 Å². The number of hydrogen-bond donors (Lipinski definition) is 2. The number of amides is 1. The van der Waals surface area contributed by atoms with E-state index in [2.05, 4.69) is 10.4 Å². The van der Waals surface area contributed by atoms with E-state index in [-0.39, 0.29) is 24.2 Å². The van der Waals surface area contributed by atoms with Crippen LogP contribution in [0.25, 0.3) is 16.9 Å². The maximum atomic E-state index is 13.4. The maximum Gasteiger partial charge on any atom is 0.261 e. The zero-order valence-corrected chi connectivity index (χ0v) is 17.7. The molecule has 1 amide bonds. The first-order chi connectivity index (χ1) is 15.0. The number of aliphatic hydroxyl groups is 1. The van der Waals surface area contributed by atoms with E-state index in [0.29, 0.717) is 28.5 Å². The molecule has 2 N–H and O–H groups in total. The van der Waals surface area contributed by atoms with Crippen molar-refractivity contribution < 1.29 is 14.3 Å². The minimum Gasteiger partial charge on any atom is -0.396 e. The van der Waals surface area contributed by atoms with Gasteiger partial charge in [0.05, 0.1) is 11.3 Å². The number of rotatable bonds is 4. The molecular formula is C23H23FN4O2S. The summed E-state index contributed by atoms with van der Waals surface area (Å²) in [6.45, 7) is 1.46. The Balaban J connectivity index is 1.62. The second-order valence-electron chi connectivity index (χ2n) is 7.57. The molecule has 8 heteroatoms. The second kappa shape index (κ2) is 9.36. The van der Waals surface area contributed by atoms with E-state index in [0.717, 1.165) is 25.1 Å². The van der Waals surface area contributed by atoms with Crippen LogP contribution in [0.3, 0.4) is 0 Å². The molecule has 3 aromatic rings. The molecule has 0 bridgehead atoms. The van der Waals surface area contributed by atoms with Crippen LogP contribution in [0.1, 0.15) is 23.2 Å². The van der Waals surface area contributed by atoms with Gasteiger partial charge in [0, 0.05) is 31.5 Å². The average Bonchev–Trinajstić information content (AvgIpc) is 3.26. The summed E-state index contributed by atoms with van der Waals surface area (Å²) >= 11 is 5.46. The van der Waals surface area contributed by atoms with Crippen LogP contribution >= 0.6 is 12.2 Å². The number of para-hydroxylation sites is 1. The van der Waals surface area contributed by atoms with Crippen molar-refractivity contribution in [3.05, 3.63) is 72.2 Å². The maximum absolute atomic E-state index is 13.4. The van der Waals surface area contributed by atoms with Crippen molar-refractivity contribution in [3.63, 3.8) is 0 Å². The lowest BCUT2D eigenvalue weighted by molar-refractivity contribution is 0.0969. The first kappa shape index (κ1) is 21.1. The van der Waals surface area contributed by atoms with E-state index in [1.807, 2.05) is 35.2 Å². The first-order valence-corrected chi connectivity index (χ1v) is 10.6. The third-order valence-corrected chi connectivity index (χ3v) is 5.74. The molecule has 0 spiro atoms. The molecule has 6 nitrogen and oxygen atoms in total. The number of nitrogens with one attached hydrogen (secondary N) is 1. The highest BCUT2D eigenvalue weighted by molar-refractivity contribution is 7.80. The number of aliphatic hydroxyl groups excluding tert-OH is 1. The molecule has 4 rings (SSSR count). The zero-order valence-electron chi connectivity index (χ0n) is 16.9. The fourth-order valence-electron chi connectivity index (χ4n) is 3.72. The van der Waals surface area contributed by atoms with Crippen molar-refractivity contribution in [1.29, 1.82) is 0 Å². The lowest BCUT2D eigenvalue weighted by Gasteiger charge is -2.33. The van der Waals surface area contributed by atoms with Gasteiger partial charge in [0.25, 0.3) is 5.91 Å². The molecule has 0 saturated carbocycles. The molecule has 1 fully saturated rings. The molecule has 31 heavy (non-hydrogen) atoms. The summed E-state index contributed by atoms with van der Waals surface area (Å²) in [5, 5.41) is 17.2. The number of piperidine rings is 1. The largest absolute Gasteiger partial charge is 0.396 e. The van der Waals surface area contributed by atoms with E-state index in [4.69, 9.17) is 12.2 Å². The summed E-state index contributed by atoms with van der Waals surface area (Å²) in [4.78, 5) is 15.1. The van der Waals surface area contributed by atoms with E-state index >= 15 is 0 Å². The quantitative estimate of drug-likeness (QED) is 0.611. The Bertz CT molecular complexity index is 1070. The summed E-state index contributed by atoms with van der Waals surface area (Å²) in [5.41, 5.74) is 2.21. The molecule has 1 aliphatic heterocycles. The van der Waals surface area contributed by atoms with Crippen LogP contribution in [0.4, 0.5) is 4.39 Å². The molecule has 160 valence electrons. The number of carbonyl (C=O) groups is 1.